The van der Waals surface area contributed by atoms with E-state index in [1.807, 2.05) is 13.8 Å². The summed E-state index contributed by atoms with van der Waals surface area (Å²) in [7, 11) is 0. The van der Waals surface area contributed by atoms with Crippen LogP contribution in [0.25, 0.3) is 0 Å². The first-order valence-electron chi connectivity index (χ1n) is 3.40. The SMILES string of the molecule is CC[C@](C)(CO)CCO. The fraction of sp³-hybridized carbons (Fsp3) is 1.00. The monoisotopic (exact) mass is 132 g/mol. The van der Waals surface area contributed by atoms with Crippen LogP contribution in [-0.4, -0.2) is 23.4 Å². The molecule has 0 fully saturated rings. The molecule has 0 aliphatic carbocycles. The molecule has 2 nitrogen and oxygen atoms in total. The Morgan fingerprint density at radius 2 is 1.89 bits per heavy atom. The fourth-order valence-corrected chi connectivity index (χ4v) is 0.638. The Balaban J connectivity index is 3.62. The number of aliphatic hydroxyl groups excluding tert-OH is 2. The second-order valence-corrected chi connectivity index (χ2v) is 2.80. The van der Waals surface area contributed by atoms with E-state index in [-0.39, 0.29) is 18.6 Å². The predicted octanol–water partition coefficient (Wildman–Crippen LogP) is 0.777. The molecule has 0 saturated heterocycles. The Kier molecular flexibility index (Phi) is 3.82. The van der Waals surface area contributed by atoms with Gasteiger partial charge in [-0.25, -0.2) is 0 Å². The van der Waals surface area contributed by atoms with Crippen molar-refractivity contribution in [3.05, 3.63) is 0 Å². The number of hydrogen-bond acceptors (Lipinski definition) is 2. The molecular weight excluding hydrogens is 116 g/mol. The highest BCUT2D eigenvalue weighted by molar-refractivity contribution is 4.69. The van der Waals surface area contributed by atoms with E-state index < -0.39 is 0 Å². The van der Waals surface area contributed by atoms with Gasteiger partial charge in [0.1, 0.15) is 0 Å². The standard InChI is InChI=1S/C7H16O2/c1-3-7(2,6-9)4-5-8/h8-9H,3-6H2,1-2H3/t7-/m0/s1. The zero-order chi connectivity index (χ0) is 7.33. The summed E-state index contributed by atoms with van der Waals surface area (Å²) in [6.07, 6.45) is 1.62. The first kappa shape index (κ1) is 8.92. The van der Waals surface area contributed by atoms with Gasteiger partial charge in [0, 0.05) is 13.2 Å². The summed E-state index contributed by atoms with van der Waals surface area (Å²) in [6, 6.07) is 0. The van der Waals surface area contributed by atoms with Crippen LogP contribution in [0.2, 0.25) is 0 Å². The van der Waals surface area contributed by atoms with Gasteiger partial charge in [-0.2, -0.15) is 0 Å². The summed E-state index contributed by atoms with van der Waals surface area (Å²) >= 11 is 0. The molecule has 1 atom stereocenters. The molecule has 0 heterocycles. The van der Waals surface area contributed by atoms with Crippen LogP contribution in [0.3, 0.4) is 0 Å². The van der Waals surface area contributed by atoms with Crippen molar-refractivity contribution in [1.82, 2.24) is 0 Å². The molecule has 2 heteroatoms. The highest BCUT2D eigenvalue weighted by Crippen LogP contribution is 2.23. The van der Waals surface area contributed by atoms with Crippen molar-refractivity contribution in [1.29, 1.82) is 0 Å². The average molecular weight is 132 g/mol. The zero-order valence-electron chi connectivity index (χ0n) is 6.22. The molecule has 0 aliphatic rings. The lowest BCUT2D eigenvalue weighted by Gasteiger charge is -2.23. The third-order valence-electron chi connectivity index (χ3n) is 1.95. The van der Waals surface area contributed by atoms with Crippen LogP contribution < -0.4 is 0 Å². The van der Waals surface area contributed by atoms with Gasteiger partial charge in [-0.15, -0.1) is 0 Å². The highest BCUT2D eigenvalue weighted by atomic mass is 16.3. The largest absolute Gasteiger partial charge is 0.396 e. The van der Waals surface area contributed by atoms with Gasteiger partial charge in [0.15, 0.2) is 0 Å². The Morgan fingerprint density at radius 3 is 2.00 bits per heavy atom. The van der Waals surface area contributed by atoms with E-state index in [0.717, 1.165) is 6.42 Å². The Morgan fingerprint density at radius 1 is 1.33 bits per heavy atom. The summed E-state index contributed by atoms with van der Waals surface area (Å²) in [5.74, 6) is 0. The summed E-state index contributed by atoms with van der Waals surface area (Å²) in [5, 5.41) is 17.4. The molecule has 0 aliphatic heterocycles. The Hall–Kier alpha value is -0.0800. The summed E-state index contributed by atoms with van der Waals surface area (Å²) in [6.45, 7) is 4.34. The topological polar surface area (TPSA) is 40.5 Å². The number of hydrogen-bond donors (Lipinski definition) is 2. The Bertz CT molecular complexity index is 67.3. The van der Waals surface area contributed by atoms with E-state index in [2.05, 4.69) is 0 Å². The van der Waals surface area contributed by atoms with Gasteiger partial charge >= 0.3 is 0 Å². The van der Waals surface area contributed by atoms with Gasteiger partial charge in [0.05, 0.1) is 0 Å². The van der Waals surface area contributed by atoms with Crippen LogP contribution in [0.5, 0.6) is 0 Å². The lowest BCUT2D eigenvalue weighted by Crippen LogP contribution is -2.21. The third-order valence-corrected chi connectivity index (χ3v) is 1.95. The van der Waals surface area contributed by atoms with E-state index in [4.69, 9.17) is 10.2 Å². The summed E-state index contributed by atoms with van der Waals surface area (Å²) in [5.41, 5.74) is -0.0608. The normalized spacial score (nSPS) is 17.3. The van der Waals surface area contributed by atoms with Gasteiger partial charge in [-0.3, -0.25) is 0 Å². The quantitative estimate of drug-likeness (QED) is 0.593. The van der Waals surface area contributed by atoms with Crippen molar-refractivity contribution in [2.45, 2.75) is 26.7 Å². The van der Waals surface area contributed by atoms with Crippen LogP contribution in [-0.2, 0) is 0 Å². The first-order valence-corrected chi connectivity index (χ1v) is 3.40. The minimum Gasteiger partial charge on any atom is -0.396 e. The molecule has 0 rings (SSSR count). The van der Waals surface area contributed by atoms with Gasteiger partial charge in [-0.1, -0.05) is 13.8 Å². The smallest absolute Gasteiger partial charge is 0.0485 e. The highest BCUT2D eigenvalue weighted by Gasteiger charge is 2.19. The summed E-state index contributed by atoms with van der Waals surface area (Å²) in [4.78, 5) is 0. The average Bonchev–Trinajstić information content (AvgIpc) is 1.89. The van der Waals surface area contributed by atoms with E-state index in [9.17, 15) is 0 Å². The van der Waals surface area contributed by atoms with E-state index in [1.54, 1.807) is 0 Å². The molecule has 0 bridgehead atoms. The van der Waals surface area contributed by atoms with Gasteiger partial charge in [-0.05, 0) is 18.3 Å². The van der Waals surface area contributed by atoms with Crippen molar-refractivity contribution in [3.8, 4) is 0 Å². The molecule has 9 heavy (non-hydrogen) atoms. The number of rotatable bonds is 4. The van der Waals surface area contributed by atoms with Crippen molar-refractivity contribution < 1.29 is 10.2 Å². The van der Waals surface area contributed by atoms with E-state index in [0.29, 0.717) is 6.42 Å². The maximum absolute atomic E-state index is 8.81. The molecule has 0 unspecified atom stereocenters. The molecule has 0 saturated carbocycles. The molecule has 0 amide bonds. The first-order chi connectivity index (χ1) is 4.18. The van der Waals surface area contributed by atoms with Crippen LogP contribution >= 0.6 is 0 Å². The van der Waals surface area contributed by atoms with Gasteiger partial charge < -0.3 is 10.2 Å². The van der Waals surface area contributed by atoms with Crippen molar-refractivity contribution >= 4 is 0 Å². The van der Waals surface area contributed by atoms with E-state index in [1.165, 1.54) is 0 Å². The molecule has 0 aromatic heterocycles. The van der Waals surface area contributed by atoms with Gasteiger partial charge in [0.25, 0.3) is 0 Å². The predicted molar refractivity (Wildman–Crippen MR) is 37.2 cm³/mol. The minimum absolute atomic E-state index is 0.0608. The van der Waals surface area contributed by atoms with Gasteiger partial charge in [0.2, 0.25) is 0 Å². The number of aliphatic hydroxyl groups is 2. The molecule has 56 valence electrons. The molecular formula is C7H16O2. The third kappa shape index (κ3) is 2.82. The van der Waals surface area contributed by atoms with Crippen molar-refractivity contribution in [3.63, 3.8) is 0 Å². The molecule has 2 N–H and O–H groups in total. The second kappa shape index (κ2) is 3.85. The lowest BCUT2D eigenvalue weighted by molar-refractivity contribution is 0.103. The van der Waals surface area contributed by atoms with Crippen LogP contribution in [0.1, 0.15) is 26.7 Å². The maximum Gasteiger partial charge on any atom is 0.0485 e. The summed E-state index contributed by atoms with van der Waals surface area (Å²) < 4.78 is 0. The molecule has 0 aromatic rings. The molecule has 0 spiro atoms. The van der Waals surface area contributed by atoms with Crippen LogP contribution in [0.15, 0.2) is 0 Å². The van der Waals surface area contributed by atoms with Crippen LogP contribution in [0, 0.1) is 5.41 Å². The zero-order valence-corrected chi connectivity index (χ0v) is 6.22. The van der Waals surface area contributed by atoms with Crippen molar-refractivity contribution in [2.24, 2.45) is 5.41 Å². The minimum atomic E-state index is -0.0608. The lowest BCUT2D eigenvalue weighted by atomic mass is 9.85. The van der Waals surface area contributed by atoms with Crippen molar-refractivity contribution in [2.75, 3.05) is 13.2 Å². The Labute approximate surface area is 56.5 Å². The maximum atomic E-state index is 8.81. The molecule has 0 aromatic carbocycles. The second-order valence-electron chi connectivity index (χ2n) is 2.80. The van der Waals surface area contributed by atoms with E-state index >= 15 is 0 Å². The fourth-order valence-electron chi connectivity index (χ4n) is 0.638. The van der Waals surface area contributed by atoms with Crippen LogP contribution in [0.4, 0.5) is 0 Å². The molecule has 0 radical (unpaired) electrons.